The van der Waals surface area contributed by atoms with Crippen molar-refractivity contribution in [3.8, 4) is 0 Å². The van der Waals surface area contributed by atoms with E-state index in [0.717, 1.165) is 10.2 Å². The minimum Gasteiger partial charge on any atom is -0.360 e. The molecular formula is C18H20N4O3. The number of carbonyl (C=O) groups is 1. The molecule has 0 N–H and O–H groups in total. The van der Waals surface area contributed by atoms with Gasteiger partial charge in [0.05, 0.1) is 11.1 Å². The van der Waals surface area contributed by atoms with E-state index in [1.165, 1.54) is 0 Å². The number of amides is 1. The van der Waals surface area contributed by atoms with Gasteiger partial charge < -0.3 is 9.42 Å². The summed E-state index contributed by atoms with van der Waals surface area (Å²) in [6.07, 6.45) is 0. The van der Waals surface area contributed by atoms with Crippen LogP contribution in [0.4, 0.5) is 0 Å². The maximum Gasteiger partial charge on any atom is 0.297 e. The van der Waals surface area contributed by atoms with Gasteiger partial charge in [-0.05, 0) is 26.3 Å². The Balaban J connectivity index is 1.86. The van der Waals surface area contributed by atoms with Crippen molar-refractivity contribution in [3.05, 3.63) is 57.7 Å². The highest BCUT2D eigenvalue weighted by atomic mass is 16.5. The first-order valence-electron chi connectivity index (χ1n) is 8.16. The smallest absolute Gasteiger partial charge is 0.297 e. The Morgan fingerprint density at radius 3 is 2.64 bits per heavy atom. The van der Waals surface area contributed by atoms with Crippen molar-refractivity contribution in [2.45, 2.75) is 33.9 Å². The number of aryl methyl sites for hydroxylation is 2. The first-order chi connectivity index (χ1) is 12.0. The van der Waals surface area contributed by atoms with E-state index in [1.54, 1.807) is 18.7 Å². The van der Waals surface area contributed by atoms with Crippen LogP contribution in [0.5, 0.6) is 0 Å². The van der Waals surface area contributed by atoms with Gasteiger partial charge in [-0.25, -0.2) is 4.68 Å². The topological polar surface area (TPSA) is 81.2 Å². The summed E-state index contributed by atoms with van der Waals surface area (Å²) < 4.78 is 6.25. The molecule has 0 saturated carbocycles. The average Bonchev–Trinajstić information content (AvgIpc) is 3.00. The highest BCUT2D eigenvalue weighted by molar-refractivity contribution is 5.82. The summed E-state index contributed by atoms with van der Waals surface area (Å²) >= 11 is 0. The molecule has 0 aliphatic rings. The number of likely N-dealkylation sites (N-methyl/N-ethyl adjacent to an activating group) is 1. The summed E-state index contributed by atoms with van der Waals surface area (Å²) in [7, 11) is 0. The summed E-state index contributed by atoms with van der Waals surface area (Å²) in [4.78, 5) is 26.8. The number of hydrogen-bond acceptors (Lipinski definition) is 5. The third-order valence-electron chi connectivity index (χ3n) is 4.17. The lowest BCUT2D eigenvalue weighted by molar-refractivity contribution is -0.132. The zero-order chi connectivity index (χ0) is 18.0. The van der Waals surface area contributed by atoms with Crippen molar-refractivity contribution >= 4 is 16.8 Å². The first kappa shape index (κ1) is 16.9. The van der Waals surface area contributed by atoms with Crippen LogP contribution in [-0.4, -0.2) is 32.3 Å². The fourth-order valence-electron chi connectivity index (χ4n) is 2.86. The number of hydrogen-bond donors (Lipinski definition) is 0. The van der Waals surface area contributed by atoms with E-state index in [0.29, 0.717) is 29.9 Å². The molecule has 1 aromatic carbocycles. The van der Waals surface area contributed by atoms with Gasteiger partial charge in [0.15, 0.2) is 5.52 Å². The molecule has 1 amide bonds. The first-order valence-corrected chi connectivity index (χ1v) is 8.16. The number of aromatic nitrogens is 3. The lowest BCUT2D eigenvalue weighted by atomic mass is 10.2. The van der Waals surface area contributed by atoms with Gasteiger partial charge in [-0.2, -0.15) is 5.10 Å². The van der Waals surface area contributed by atoms with Crippen molar-refractivity contribution in [3.63, 3.8) is 0 Å². The van der Waals surface area contributed by atoms with E-state index in [-0.39, 0.29) is 18.0 Å². The van der Waals surface area contributed by atoms with Gasteiger partial charge in [-0.3, -0.25) is 9.59 Å². The Kier molecular flexibility index (Phi) is 4.65. The molecule has 3 rings (SSSR count). The minimum atomic E-state index is -0.415. The van der Waals surface area contributed by atoms with Crippen LogP contribution in [0.1, 0.15) is 23.9 Å². The van der Waals surface area contributed by atoms with E-state index in [1.807, 2.05) is 37.3 Å². The monoisotopic (exact) mass is 340 g/mol. The fraction of sp³-hybridized carbons (Fsp3) is 0.333. The number of carbonyl (C=O) groups excluding carboxylic acids is 1. The Morgan fingerprint density at radius 2 is 1.96 bits per heavy atom. The van der Waals surface area contributed by atoms with Crippen molar-refractivity contribution in [2.75, 3.05) is 6.54 Å². The van der Waals surface area contributed by atoms with E-state index < -0.39 is 5.56 Å². The molecular weight excluding hydrogens is 320 g/mol. The predicted octanol–water partition coefficient (Wildman–Crippen LogP) is 2.05. The second kappa shape index (κ2) is 6.88. The van der Waals surface area contributed by atoms with Crippen LogP contribution in [0.15, 0.2) is 39.6 Å². The predicted molar refractivity (Wildman–Crippen MR) is 93.1 cm³/mol. The van der Waals surface area contributed by atoms with E-state index in [9.17, 15) is 9.59 Å². The SMILES string of the molecule is CCN(Cc1ccccc1)C(=O)Cn1nc(C)c2c(C)onc2c1=O. The van der Waals surface area contributed by atoms with Gasteiger partial charge in [0.25, 0.3) is 5.56 Å². The third kappa shape index (κ3) is 3.31. The van der Waals surface area contributed by atoms with Crippen molar-refractivity contribution in [1.82, 2.24) is 19.8 Å². The number of benzene rings is 1. The quantitative estimate of drug-likeness (QED) is 0.710. The second-order valence-corrected chi connectivity index (χ2v) is 5.90. The molecule has 0 aliphatic carbocycles. The lowest BCUT2D eigenvalue weighted by Crippen LogP contribution is -2.37. The zero-order valence-electron chi connectivity index (χ0n) is 14.5. The molecule has 3 aromatic rings. The molecule has 0 bridgehead atoms. The van der Waals surface area contributed by atoms with Gasteiger partial charge >= 0.3 is 0 Å². The van der Waals surface area contributed by atoms with Crippen molar-refractivity contribution in [1.29, 1.82) is 0 Å². The van der Waals surface area contributed by atoms with Crippen LogP contribution >= 0.6 is 0 Å². The Bertz CT molecular complexity index is 960. The molecule has 0 unspecified atom stereocenters. The summed E-state index contributed by atoms with van der Waals surface area (Å²) in [6, 6.07) is 9.74. The summed E-state index contributed by atoms with van der Waals surface area (Å²) in [6.45, 7) is 6.34. The minimum absolute atomic E-state index is 0.123. The highest BCUT2D eigenvalue weighted by Crippen LogP contribution is 2.16. The molecule has 130 valence electrons. The maximum absolute atomic E-state index is 12.6. The largest absolute Gasteiger partial charge is 0.360 e. The van der Waals surface area contributed by atoms with Crippen LogP contribution in [-0.2, 0) is 17.9 Å². The molecule has 0 atom stereocenters. The molecule has 7 nitrogen and oxygen atoms in total. The van der Waals surface area contributed by atoms with Gasteiger partial charge in [0.1, 0.15) is 12.3 Å². The average molecular weight is 340 g/mol. The molecule has 0 spiro atoms. The highest BCUT2D eigenvalue weighted by Gasteiger charge is 2.19. The van der Waals surface area contributed by atoms with E-state index >= 15 is 0 Å². The van der Waals surface area contributed by atoms with E-state index in [2.05, 4.69) is 10.3 Å². The summed E-state index contributed by atoms with van der Waals surface area (Å²) in [5, 5.41) is 8.68. The van der Waals surface area contributed by atoms with Gasteiger partial charge in [0, 0.05) is 13.1 Å². The molecule has 0 aliphatic heterocycles. The Labute approximate surface area is 144 Å². The number of fused-ring (bicyclic) bond motifs is 1. The maximum atomic E-state index is 12.6. The molecule has 2 aromatic heterocycles. The van der Waals surface area contributed by atoms with Gasteiger partial charge in [-0.15, -0.1) is 0 Å². The fourth-order valence-corrected chi connectivity index (χ4v) is 2.86. The number of nitrogens with zero attached hydrogens (tertiary/aromatic N) is 4. The van der Waals surface area contributed by atoms with Crippen LogP contribution < -0.4 is 5.56 Å². The molecule has 25 heavy (non-hydrogen) atoms. The third-order valence-corrected chi connectivity index (χ3v) is 4.17. The van der Waals surface area contributed by atoms with Crippen LogP contribution in [0, 0.1) is 13.8 Å². The van der Waals surface area contributed by atoms with Gasteiger partial charge in [-0.1, -0.05) is 35.5 Å². The normalized spacial score (nSPS) is 11.0. The van der Waals surface area contributed by atoms with E-state index in [4.69, 9.17) is 4.52 Å². The number of rotatable bonds is 5. The molecule has 0 radical (unpaired) electrons. The Morgan fingerprint density at radius 1 is 1.24 bits per heavy atom. The van der Waals surface area contributed by atoms with Crippen LogP contribution in [0.2, 0.25) is 0 Å². The standard InChI is InChI=1S/C18H20N4O3/c1-4-21(10-14-8-6-5-7-9-14)15(23)11-22-18(24)17-16(12(2)19-22)13(3)25-20-17/h5-9H,4,10-11H2,1-3H3. The summed E-state index contributed by atoms with van der Waals surface area (Å²) in [5.74, 6) is 0.384. The lowest BCUT2D eigenvalue weighted by Gasteiger charge is -2.21. The van der Waals surface area contributed by atoms with Gasteiger partial charge in [0.2, 0.25) is 5.91 Å². The van der Waals surface area contributed by atoms with Crippen LogP contribution in [0.3, 0.4) is 0 Å². The van der Waals surface area contributed by atoms with Crippen LogP contribution in [0.25, 0.3) is 10.9 Å². The molecule has 7 heteroatoms. The zero-order valence-corrected chi connectivity index (χ0v) is 14.5. The van der Waals surface area contributed by atoms with Crippen molar-refractivity contribution in [2.24, 2.45) is 0 Å². The Hall–Kier alpha value is -2.96. The molecule has 0 fully saturated rings. The summed E-state index contributed by atoms with van der Waals surface area (Å²) in [5.41, 5.74) is 1.45. The second-order valence-electron chi connectivity index (χ2n) is 5.90. The molecule has 2 heterocycles. The molecule has 0 saturated heterocycles. The van der Waals surface area contributed by atoms with Crippen molar-refractivity contribution < 1.29 is 9.32 Å².